The number of rotatable bonds is 6. The number of hydrogen-bond donors (Lipinski definition) is 1. The van der Waals surface area contributed by atoms with Crippen molar-refractivity contribution in [2.24, 2.45) is 0 Å². The minimum Gasteiger partial charge on any atom is -0.351 e. The molecule has 0 fully saturated rings. The number of aromatic nitrogens is 3. The fraction of sp³-hybridized carbons (Fsp3) is 0.300. The Labute approximate surface area is 167 Å². The van der Waals surface area contributed by atoms with Crippen LogP contribution in [0.3, 0.4) is 0 Å². The quantitative estimate of drug-likeness (QED) is 0.490. The molecule has 3 rings (SSSR count). The zero-order valence-electron chi connectivity index (χ0n) is 15.8. The Morgan fingerprint density at radius 1 is 1.26 bits per heavy atom. The highest BCUT2D eigenvalue weighted by Gasteiger charge is 2.15. The van der Waals surface area contributed by atoms with E-state index < -0.39 is 0 Å². The molecular weight excluding hydrogens is 376 g/mol. The molecule has 3 aromatic rings. The van der Waals surface area contributed by atoms with E-state index >= 15 is 0 Å². The maximum absolute atomic E-state index is 12.8. The lowest BCUT2D eigenvalue weighted by Gasteiger charge is -2.13. The first-order valence-corrected chi connectivity index (χ1v) is 10.8. The minimum absolute atomic E-state index is 0.0793. The molecular formula is C20H22N4OS2. The molecule has 0 saturated heterocycles. The first-order chi connectivity index (χ1) is 13.0. The molecule has 1 N–H and O–H groups in total. The predicted molar refractivity (Wildman–Crippen MR) is 112 cm³/mol. The van der Waals surface area contributed by atoms with Crippen molar-refractivity contribution in [3.8, 4) is 11.4 Å². The Balaban J connectivity index is 1.77. The molecule has 27 heavy (non-hydrogen) atoms. The first-order valence-electron chi connectivity index (χ1n) is 8.66. The molecule has 0 spiro atoms. The highest BCUT2D eigenvalue weighted by Crippen LogP contribution is 2.24. The first kappa shape index (κ1) is 19.5. The summed E-state index contributed by atoms with van der Waals surface area (Å²) in [6.07, 6.45) is 3.72. The monoisotopic (exact) mass is 398 g/mol. The van der Waals surface area contributed by atoms with E-state index in [-0.39, 0.29) is 11.8 Å². The fourth-order valence-electron chi connectivity index (χ4n) is 2.82. The topological polar surface area (TPSA) is 67.8 Å². The van der Waals surface area contributed by atoms with E-state index in [4.69, 9.17) is 0 Å². The van der Waals surface area contributed by atoms with Crippen molar-refractivity contribution in [1.82, 2.24) is 20.3 Å². The third kappa shape index (κ3) is 4.54. The Morgan fingerprint density at radius 2 is 2.07 bits per heavy atom. The second-order valence-corrected chi connectivity index (χ2v) is 8.08. The molecule has 0 aliphatic rings. The maximum atomic E-state index is 12.8. The van der Waals surface area contributed by atoms with Crippen LogP contribution < -0.4 is 5.32 Å². The number of thiazole rings is 1. The van der Waals surface area contributed by atoms with Crippen LogP contribution in [0.1, 0.15) is 39.3 Å². The van der Waals surface area contributed by atoms with Gasteiger partial charge < -0.3 is 5.32 Å². The van der Waals surface area contributed by atoms with Crippen LogP contribution in [-0.4, -0.2) is 33.7 Å². The van der Waals surface area contributed by atoms with Gasteiger partial charge in [0.05, 0.1) is 16.2 Å². The molecule has 0 saturated carbocycles. The van der Waals surface area contributed by atoms with E-state index in [1.54, 1.807) is 29.3 Å². The normalized spacial score (nSPS) is 12.0. The average molecular weight is 399 g/mol. The summed E-state index contributed by atoms with van der Waals surface area (Å²) in [6.45, 7) is 6.62. The number of nitrogens with zero attached hydrogens (tertiary/aromatic N) is 3. The van der Waals surface area contributed by atoms with E-state index in [1.807, 2.05) is 49.9 Å². The largest absolute Gasteiger partial charge is 0.351 e. The van der Waals surface area contributed by atoms with Gasteiger partial charge in [-0.15, -0.1) is 23.1 Å². The standard InChI is InChI=1S/C20H22N4OS2/c1-12-5-6-15(19-21-8-7-17(24-19)26-4)9-16(12)20(25)22-10-13(2)18-14(3)23-11-27-18/h5-9,11,13H,10H2,1-4H3,(H,22,25)/t13-/m1/s1. The van der Waals surface area contributed by atoms with Gasteiger partial charge in [0.25, 0.3) is 5.91 Å². The number of carbonyl (C=O) groups is 1. The third-order valence-corrected chi connectivity index (χ3v) is 6.19. The molecule has 1 aromatic carbocycles. The summed E-state index contributed by atoms with van der Waals surface area (Å²) in [4.78, 5) is 27.1. The number of aryl methyl sites for hydroxylation is 2. The van der Waals surface area contributed by atoms with Crippen LogP contribution >= 0.6 is 23.1 Å². The second kappa shape index (κ2) is 8.63. The van der Waals surface area contributed by atoms with Crippen molar-refractivity contribution in [2.45, 2.75) is 31.7 Å². The number of carbonyl (C=O) groups excluding carboxylic acids is 1. The third-order valence-electron chi connectivity index (χ3n) is 4.38. The summed E-state index contributed by atoms with van der Waals surface area (Å²) in [5.74, 6) is 0.778. The molecule has 0 aliphatic carbocycles. The molecule has 0 aliphatic heterocycles. The Kier molecular flexibility index (Phi) is 6.23. The molecule has 0 bridgehead atoms. The van der Waals surface area contributed by atoms with Crippen molar-refractivity contribution in [3.05, 3.63) is 57.7 Å². The summed E-state index contributed by atoms with van der Waals surface area (Å²) in [6, 6.07) is 7.64. The van der Waals surface area contributed by atoms with Crippen molar-refractivity contribution < 1.29 is 4.79 Å². The van der Waals surface area contributed by atoms with Gasteiger partial charge in [-0.1, -0.05) is 19.1 Å². The van der Waals surface area contributed by atoms with Crippen molar-refractivity contribution in [1.29, 1.82) is 0 Å². The van der Waals surface area contributed by atoms with Crippen LogP contribution in [0, 0.1) is 13.8 Å². The molecule has 140 valence electrons. The summed E-state index contributed by atoms with van der Waals surface area (Å²) >= 11 is 3.20. The van der Waals surface area contributed by atoms with Gasteiger partial charge in [-0.05, 0) is 37.8 Å². The Morgan fingerprint density at radius 3 is 2.78 bits per heavy atom. The lowest BCUT2D eigenvalue weighted by molar-refractivity contribution is 0.0951. The van der Waals surface area contributed by atoms with E-state index in [0.717, 1.165) is 21.8 Å². The molecule has 1 atom stereocenters. The summed E-state index contributed by atoms with van der Waals surface area (Å²) < 4.78 is 0. The van der Waals surface area contributed by atoms with Gasteiger partial charge in [-0.25, -0.2) is 15.0 Å². The van der Waals surface area contributed by atoms with Crippen molar-refractivity contribution in [3.63, 3.8) is 0 Å². The van der Waals surface area contributed by atoms with Crippen LogP contribution in [0.2, 0.25) is 0 Å². The van der Waals surface area contributed by atoms with Gasteiger partial charge in [-0.3, -0.25) is 4.79 Å². The summed E-state index contributed by atoms with van der Waals surface area (Å²) in [7, 11) is 0. The van der Waals surface area contributed by atoms with E-state index in [2.05, 4.69) is 27.2 Å². The van der Waals surface area contributed by atoms with Crippen molar-refractivity contribution >= 4 is 29.0 Å². The molecule has 2 heterocycles. The smallest absolute Gasteiger partial charge is 0.251 e. The molecule has 2 aromatic heterocycles. The van der Waals surface area contributed by atoms with Crippen LogP contribution in [-0.2, 0) is 0 Å². The van der Waals surface area contributed by atoms with Gasteiger partial charge in [0, 0.05) is 34.7 Å². The number of benzene rings is 1. The number of amides is 1. The fourth-order valence-corrected chi connectivity index (χ4v) is 4.06. The van der Waals surface area contributed by atoms with Crippen LogP contribution in [0.15, 0.2) is 41.0 Å². The highest BCUT2D eigenvalue weighted by atomic mass is 32.2. The molecule has 7 heteroatoms. The van der Waals surface area contributed by atoms with Gasteiger partial charge in [0.1, 0.15) is 0 Å². The molecule has 5 nitrogen and oxygen atoms in total. The molecule has 0 unspecified atom stereocenters. The summed E-state index contributed by atoms with van der Waals surface area (Å²) in [5.41, 5.74) is 5.30. The van der Waals surface area contributed by atoms with Crippen LogP contribution in [0.25, 0.3) is 11.4 Å². The molecule has 0 radical (unpaired) electrons. The lowest BCUT2D eigenvalue weighted by Crippen LogP contribution is -2.28. The van der Waals surface area contributed by atoms with Crippen LogP contribution in [0.4, 0.5) is 0 Å². The van der Waals surface area contributed by atoms with Gasteiger partial charge >= 0.3 is 0 Å². The van der Waals surface area contributed by atoms with Crippen molar-refractivity contribution in [2.75, 3.05) is 12.8 Å². The second-order valence-electron chi connectivity index (χ2n) is 6.37. The van der Waals surface area contributed by atoms with Crippen LogP contribution in [0.5, 0.6) is 0 Å². The Hall–Kier alpha value is -2.25. The van der Waals surface area contributed by atoms with E-state index in [0.29, 0.717) is 17.9 Å². The van der Waals surface area contributed by atoms with Gasteiger partial charge in [0.15, 0.2) is 5.82 Å². The van der Waals surface area contributed by atoms with E-state index in [1.165, 1.54) is 4.88 Å². The maximum Gasteiger partial charge on any atom is 0.251 e. The van der Waals surface area contributed by atoms with E-state index in [9.17, 15) is 4.79 Å². The summed E-state index contributed by atoms with van der Waals surface area (Å²) in [5, 5.41) is 3.95. The predicted octanol–water partition coefficient (Wildman–Crippen LogP) is 4.47. The SMILES string of the molecule is CSc1ccnc(-c2ccc(C)c(C(=O)NC[C@@H](C)c3scnc3C)c2)n1. The highest BCUT2D eigenvalue weighted by molar-refractivity contribution is 7.98. The van der Waals surface area contributed by atoms with Gasteiger partial charge in [-0.2, -0.15) is 0 Å². The zero-order chi connectivity index (χ0) is 19.4. The number of thioether (sulfide) groups is 1. The number of hydrogen-bond acceptors (Lipinski definition) is 6. The average Bonchev–Trinajstić information content (AvgIpc) is 3.12. The lowest BCUT2D eigenvalue weighted by atomic mass is 10.0. The molecule has 1 amide bonds. The zero-order valence-corrected chi connectivity index (χ0v) is 17.4. The van der Waals surface area contributed by atoms with Gasteiger partial charge in [0.2, 0.25) is 0 Å². The Bertz CT molecular complexity index is 955. The minimum atomic E-state index is -0.0793. The number of nitrogens with one attached hydrogen (secondary N) is 1.